The summed E-state index contributed by atoms with van der Waals surface area (Å²) in [6.07, 6.45) is 0. The molecule has 0 N–H and O–H groups in total. The Morgan fingerprint density at radius 3 is 1.64 bits per heavy atom. The summed E-state index contributed by atoms with van der Waals surface area (Å²) in [6.45, 7) is 0. The van der Waals surface area contributed by atoms with Crippen molar-refractivity contribution in [2.45, 2.75) is 0 Å². The van der Waals surface area contributed by atoms with Crippen LogP contribution in [0.2, 0.25) is 0 Å². The predicted molar refractivity (Wildman–Crippen MR) is 193 cm³/mol. The second kappa shape index (κ2) is 11.2. The molecule has 0 unspecified atom stereocenters. The molecule has 3 aromatic heterocycles. The highest BCUT2D eigenvalue weighted by Crippen LogP contribution is 2.41. The molecule has 0 bridgehead atoms. The largest absolute Gasteiger partial charge is 0.307 e. The van der Waals surface area contributed by atoms with E-state index in [0.29, 0.717) is 5.82 Å². The molecule has 3 heterocycles. The quantitative estimate of drug-likeness (QED) is 0.197. The first-order valence-electron chi connectivity index (χ1n) is 15.8. The first-order chi connectivity index (χ1) is 23.3. The van der Waals surface area contributed by atoms with Crippen LogP contribution in [-0.2, 0) is 0 Å². The van der Waals surface area contributed by atoms with Crippen LogP contribution in [0, 0.1) is 0 Å². The van der Waals surface area contributed by atoms with Gasteiger partial charge in [-0.05, 0) is 30.3 Å². The van der Waals surface area contributed by atoms with E-state index in [9.17, 15) is 0 Å². The van der Waals surface area contributed by atoms with Gasteiger partial charge in [0.05, 0.1) is 33.6 Å². The minimum absolute atomic E-state index is 0.680. The number of aromatic nitrogens is 4. The molecular weight excluding hydrogens is 573 g/mol. The molecule has 6 aromatic carbocycles. The third-order valence-corrected chi connectivity index (χ3v) is 8.78. The van der Waals surface area contributed by atoms with Crippen LogP contribution in [0.5, 0.6) is 0 Å². The Kier molecular flexibility index (Phi) is 6.43. The van der Waals surface area contributed by atoms with E-state index in [4.69, 9.17) is 15.0 Å². The van der Waals surface area contributed by atoms with Crippen molar-refractivity contribution in [3.8, 4) is 50.8 Å². The van der Waals surface area contributed by atoms with Gasteiger partial charge in [0.1, 0.15) is 0 Å². The number of hydrogen-bond donors (Lipinski definition) is 0. The van der Waals surface area contributed by atoms with Gasteiger partial charge in [0.2, 0.25) is 0 Å². The second-order valence-corrected chi connectivity index (χ2v) is 11.7. The lowest BCUT2D eigenvalue weighted by Crippen LogP contribution is -1.99. The van der Waals surface area contributed by atoms with E-state index in [-0.39, 0.29) is 0 Å². The maximum Gasteiger partial charge on any atom is 0.160 e. The summed E-state index contributed by atoms with van der Waals surface area (Å²) < 4.78 is 2.36. The van der Waals surface area contributed by atoms with Crippen LogP contribution >= 0.6 is 0 Å². The Hall–Kier alpha value is -6.39. The van der Waals surface area contributed by atoms with Gasteiger partial charge in [0, 0.05) is 44.1 Å². The van der Waals surface area contributed by atoms with Gasteiger partial charge in [-0.1, -0.05) is 140 Å². The van der Waals surface area contributed by atoms with E-state index in [1.807, 2.05) is 42.5 Å². The molecule has 220 valence electrons. The van der Waals surface area contributed by atoms with Gasteiger partial charge in [-0.2, -0.15) is 0 Å². The summed E-state index contributed by atoms with van der Waals surface area (Å²) in [5.74, 6) is 0.680. The summed E-state index contributed by atoms with van der Waals surface area (Å²) in [5, 5.41) is 3.53. The van der Waals surface area contributed by atoms with E-state index in [1.54, 1.807) is 0 Å². The number of hydrogen-bond acceptors (Lipinski definition) is 3. The molecule has 0 aliphatic carbocycles. The molecule has 9 rings (SSSR count). The lowest BCUT2D eigenvalue weighted by atomic mass is 10.0. The number of pyridine rings is 1. The first kappa shape index (κ1) is 27.0. The van der Waals surface area contributed by atoms with Crippen LogP contribution < -0.4 is 0 Å². The molecule has 0 saturated carbocycles. The Bertz CT molecular complexity index is 2500. The standard InChI is InChI=1S/C43H28N4/c1-4-15-29(16-5-1)37-28-38(30-17-6-2-7-18-30)46-43(45-37)32-21-14-22-33(27-32)47-39-26-13-11-24-35(39)40-34-23-10-12-25-36(34)44-41(42(40)47)31-19-8-3-9-20-31/h1-28H. The number of rotatable bonds is 5. The molecule has 0 radical (unpaired) electrons. The number of benzene rings is 6. The zero-order chi connectivity index (χ0) is 31.2. The molecule has 0 aliphatic rings. The molecule has 0 atom stereocenters. The minimum Gasteiger partial charge on any atom is -0.307 e. The van der Waals surface area contributed by atoms with Gasteiger partial charge in [-0.15, -0.1) is 0 Å². The zero-order valence-electron chi connectivity index (χ0n) is 25.5. The topological polar surface area (TPSA) is 43.6 Å². The molecule has 0 saturated heterocycles. The van der Waals surface area contributed by atoms with Crippen molar-refractivity contribution in [2.24, 2.45) is 0 Å². The molecule has 0 aliphatic heterocycles. The highest BCUT2D eigenvalue weighted by Gasteiger charge is 2.21. The zero-order valence-corrected chi connectivity index (χ0v) is 25.5. The van der Waals surface area contributed by atoms with E-state index in [1.165, 1.54) is 10.8 Å². The Balaban J connectivity index is 1.32. The van der Waals surface area contributed by atoms with E-state index in [2.05, 4.69) is 132 Å². The first-order valence-corrected chi connectivity index (χ1v) is 15.8. The van der Waals surface area contributed by atoms with Crippen LogP contribution in [0.15, 0.2) is 170 Å². The number of fused-ring (bicyclic) bond motifs is 5. The second-order valence-electron chi connectivity index (χ2n) is 11.7. The van der Waals surface area contributed by atoms with E-state index in [0.717, 1.165) is 67.0 Å². The van der Waals surface area contributed by atoms with Crippen LogP contribution in [0.4, 0.5) is 0 Å². The van der Waals surface area contributed by atoms with Gasteiger partial charge >= 0.3 is 0 Å². The van der Waals surface area contributed by atoms with E-state index < -0.39 is 0 Å². The summed E-state index contributed by atoms with van der Waals surface area (Å²) in [7, 11) is 0. The molecule has 4 heteroatoms. The van der Waals surface area contributed by atoms with Crippen molar-refractivity contribution >= 4 is 32.7 Å². The smallest absolute Gasteiger partial charge is 0.160 e. The van der Waals surface area contributed by atoms with Crippen molar-refractivity contribution in [2.75, 3.05) is 0 Å². The molecule has 0 spiro atoms. The van der Waals surface area contributed by atoms with E-state index >= 15 is 0 Å². The molecule has 9 aromatic rings. The van der Waals surface area contributed by atoms with Crippen molar-refractivity contribution in [1.82, 2.24) is 19.5 Å². The van der Waals surface area contributed by atoms with Crippen molar-refractivity contribution in [3.63, 3.8) is 0 Å². The molecule has 47 heavy (non-hydrogen) atoms. The van der Waals surface area contributed by atoms with Crippen LogP contribution in [0.1, 0.15) is 0 Å². The normalized spacial score (nSPS) is 11.4. The average Bonchev–Trinajstić information content (AvgIpc) is 3.51. The van der Waals surface area contributed by atoms with Crippen molar-refractivity contribution in [1.29, 1.82) is 0 Å². The summed E-state index contributed by atoms with van der Waals surface area (Å²) in [4.78, 5) is 15.5. The van der Waals surface area contributed by atoms with Crippen LogP contribution in [-0.4, -0.2) is 19.5 Å². The maximum absolute atomic E-state index is 5.28. The van der Waals surface area contributed by atoms with Gasteiger partial charge in [0.15, 0.2) is 5.82 Å². The number of para-hydroxylation sites is 2. The fourth-order valence-electron chi connectivity index (χ4n) is 6.63. The molecular formula is C43H28N4. The third kappa shape index (κ3) is 4.66. The Morgan fingerprint density at radius 2 is 0.957 bits per heavy atom. The Labute approximate surface area is 272 Å². The number of nitrogens with zero attached hydrogens (tertiary/aromatic N) is 4. The van der Waals surface area contributed by atoms with Gasteiger partial charge in [-0.25, -0.2) is 15.0 Å². The minimum atomic E-state index is 0.680. The van der Waals surface area contributed by atoms with Crippen molar-refractivity contribution < 1.29 is 0 Å². The predicted octanol–water partition coefficient (Wildman–Crippen LogP) is 10.8. The van der Waals surface area contributed by atoms with Crippen LogP contribution in [0.3, 0.4) is 0 Å². The lowest BCUT2D eigenvalue weighted by molar-refractivity contribution is 1.15. The van der Waals surface area contributed by atoms with Gasteiger partial charge < -0.3 is 4.57 Å². The fraction of sp³-hybridized carbons (Fsp3) is 0. The maximum atomic E-state index is 5.28. The summed E-state index contributed by atoms with van der Waals surface area (Å²) in [6, 6.07) is 58.8. The SMILES string of the molecule is c1ccc(-c2cc(-c3ccccc3)nc(-c3cccc(-n4c5ccccc5c5c6ccccc6nc(-c6ccccc6)c54)c3)n2)cc1. The molecule has 0 amide bonds. The highest BCUT2D eigenvalue weighted by atomic mass is 15.0. The highest BCUT2D eigenvalue weighted by molar-refractivity contribution is 6.23. The van der Waals surface area contributed by atoms with Crippen molar-refractivity contribution in [3.05, 3.63) is 170 Å². The summed E-state index contributed by atoms with van der Waals surface area (Å²) >= 11 is 0. The average molecular weight is 601 g/mol. The van der Waals surface area contributed by atoms with Crippen LogP contribution in [0.25, 0.3) is 83.6 Å². The fourth-order valence-corrected chi connectivity index (χ4v) is 6.63. The van der Waals surface area contributed by atoms with Gasteiger partial charge in [0.25, 0.3) is 0 Å². The molecule has 4 nitrogen and oxygen atoms in total. The summed E-state index contributed by atoms with van der Waals surface area (Å²) in [5.41, 5.74) is 11.1. The van der Waals surface area contributed by atoms with Gasteiger partial charge in [-0.3, -0.25) is 0 Å². The third-order valence-electron chi connectivity index (χ3n) is 8.78. The monoisotopic (exact) mass is 600 g/mol. The molecule has 0 fully saturated rings. The Morgan fingerprint density at radius 1 is 0.404 bits per heavy atom. The lowest BCUT2D eigenvalue weighted by Gasteiger charge is -2.14.